The zero-order valence-electron chi connectivity index (χ0n) is 20.2. The summed E-state index contributed by atoms with van der Waals surface area (Å²) < 4.78 is 0. The Morgan fingerprint density at radius 2 is 0.946 bits per heavy atom. The summed E-state index contributed by atoms with van der Waals surface area (Å²) >= 11 is 0. The fourth-order valence-electron chi connectivity index (χ4n) is 6.97. The maximum absolute atomic E-state index is 9.73. The molecule has 0 N–H and O–H groups in total. The van der Waals surface area contributed by atoms with Crippen LogP contribution in [0.4, 0.5) is 0 Å². The minimum atomic E-state index is 0.721. The van der Waals surface area contributed by atoms with E-state index in [4.69, 9.17) is 0 Å². The van der Waals surface area contributed by atoms with Gasteiger partial charge in [-0.2, -0.15) is 5.26 Å². The highest BCUT2D eigenvalue weighted by Gasteiger charge is 2.18. The van der Waals surface area contributed by atoms with Crippen molar-refractivity contribution in [2.45, 2.75) is 6.92 Å². The predicted molar refractivity (Wildman–Crippen MR) is 158 cm³/mol. The Labute approximate surface area is 212 Å². The first-order valence-corrected chi connectivity index (χ1v) is 12.7. The van der Waals surface area contributed by atoms with Crippen LogP contribution in [0.5, 0.6) is 0 Å². The minimum Gasteiger partial charge on any atom is -0.192 e. The molecular weight excluding hydrogens is 446 g/mol. The molecule has 0 atom stereocenters. The van der Waals surface area contributed by atoms with Crippen molar-refractivity contribution in [2.24, 2.45) is 0 Å². The lowest BCUT2D eigenvalue weighted by atomic mass is 9.99. The van der Waals surface area contributed by atoms with Gasteiger partial charge in [-0.05, 0) is 141 Å². The SMILES string of the molecule is Cc1ccc2c3cc4cc5c(cc4cc3c3cc(C#N)cc1c23)c1cc2ccccc2c2cccc5c21. The molecule has 0 radical (unpaired) electrons. The molecule has 9 aromatic carbocycles. The average Bonchev–Trinajstić information content (AvgIpc) is 3.41. The average molecular weight is 466 g/mol. The van der Waals surface area contributed by atoms with E-state index in [-0.39, 0.29) is 0 Å². The van der Waals surface area contributed by atoms with Crippen molar-refractivity contribution < 1.29 is 0 Å². The highest BCUT2D eigenvalue weighted by Crippen LogP contribution is 2.45. The summed E-state index contributed by atoms with van der Waals surface area (Å²) in [6.07, 6.45) is 0. The number of fused-ring (bicyclic) bond motifs is 9. The summed E-state index contributed by atoms with van der Waals surface area (Å²) in [6.45, 7) is 2.13. The summed E-state index contributed by atoms with van der Waals surface area (Å²) in [5.74, 6) is 0. The zero-order chi connectivity index (χ0) is 24.4. The molecule has 0 aliphatic heterocycles. The summed E-state index contributed by atoms with van der Waals surface area (Å²) in [6, 6.07) is 38.2. The third-order valence-corrected chi connectivity index (χ3v) is 8.62. The molecule has 0 unspecified atom stereocenters. The Balaban J connectivity index is 1.49. The van der Waals surface area contributed by atoms with E-state index < -0.39 is 0 Å². The van der Waals surface area contributed by atoms with Gasteiger partial charge in [0.05, 0.1) is 11.6 Å². The van der Waals surface area contributed by atoms with Crippen molar-refractivity contribution in [3.63, 3.8) is 0 Å². The molecule has 0 amide bonds. The second kappa shape index (κ2) is 6.44. The molecule has 1 nitrogen and oxygen atoms in total. The molecule has 0 saturated carbocycles. The first-order chi connectivity index (χ1) is 18.2. The van der Waals surface area contributed by atoms with Crippen LogP contribution in [0.25, 0.3) is 86.2 Å². The molecule has 1 heteroatoms. The molecule has 0 bridgehead atoms. The van der Waals surface area contributed by atoms with Crippen LogP contribution in [0.15, 0.2) is 97.1 Å². The van der Waals surface area contributed by atoms with Crippen LogP contribution in [-0.2, 0) is 0 Å². The molecule has 0 spiro atoms. The molecule has 0 aromatic heterocycles. The topological polar surface area (TPSA) is 23.8 Å². The van der Waals surface area contributed by atoms with Gasteiger partial charge in [0.1, 0.15) is 0 Å². The van der Waals surface area contributed by atoms with Crippen molar-refractivity contribution in [3.05, 3.63) is 108 Å². The number of benzene rings is 7. The fraction of sp³-hybridized carbons (Fsp3) is 0.0278. The highest BCUT2D eigenvalue weighted by atomic mass is 14.3. The van der Waals surface area contributed by atoms with Crippen LogP contribution in [0.1, 0.15) is 11.1 Å². The second-order valence-corrected chi connectivity index (χ2v) is 10.5. The van der Waals surface area contributed by atoms with E-state index in [2.05, 4.69) is 104 Å². The van der Waals surface area contributed by atoms with Gasteiger partial charge in [0.2, 0.25) is 0 Å². The molecule has 9 aromatic rings. The number of hydrogen-bond donors (Lipinski definition) is 0. The Morgan fingerprint density at radius 3 is 1.68 bits per heavy atom. The fourth-order valence-corrected chi connectivity index (χ4v) is 6.97. The Bertz CT molecular complexity index is 2470. The van der Waals surface area contributed by atoms with E-state index in [9.17, 15) is 5.26 Å². The van der Waals surface area contributed by atoms with Crippen molar-refractivity contribution >= 4 is 86.2 Å². The van der Waals surface area contributed by atoms with Crippen molar-refractivity contribution in [3.8, 4) is 6.07 Å². The Kier molecular flexibility index (Phi) is 3.35. The lowest BCUT2D eigenvalue weighted by molar-refractivity contribution is 1.49. The Hall–Kier alpha value is -4.93. The molecule has 168 valence electrons. The maximum atomic E-state index is 9.73. The van der Waals surface area contributed by atoms with Gasteiger partial charge in [0.25, 0.3) is 0 Å². The number of hydrogen-bond acceptors (Lipinski definition) is 1. The molecule has 37 heavy (non-hydrogen) atoms. The summed E-state index contributed by atoms with van der Waals surface area (Å²) in [5.41, 5.74) is 1.93. The lowest BCUT2D eigenvalue weighted by Gasteiger charge is -2.05. The quantitative estimate of drug-likeness (QED) is 0.204. The van der Waals surface area contributed by atoms with Crippen LogP contribution >= 0.6 is 0 Å². The number of nitriles is 1. The Morgan fingerprint density at radius 1 is 0.432 bits per heavy atom. The first kappa shape index (κ1) is 19.3. The normalized spacial score (nSPS) is 12.4. The first-order valence-electron chi connectivity index (χ1n) is 12.7. The molecule has 0 fully saturated rings. The van der Waals surface area contributed by atoms with Crippen molar-refractivity contribution in [1.82, 2.24) is 0 Å². The van der Waals surface area contributed by atoms with Gasteiger partial charge in [0.15, 0.2) is 0 Å². The molecule has 0 aliphatic rings. The van der Waals surface area contributed by atoms with Crippen molar-refractivity contribution in [2.75, 3.05) is 0 Å². The van der Waals surface area contributed by atoms with E-state index >= 15 is 0 Å². The highest BCUT2D eigenvalue weighted by molar-refractivity contribution is 6.37. The van der Waals surface area contributed by atoms with Gasteiger partial charge in [-0.1, -0.05) is 54.6 Å². The monoisotopic (exact) mass is 465 g/mol. The van der Waals surface area contributed by atoms with Crippen LogP contribution in [0.3, 0.4) is 0 Å². The second-order valence-electron chi connectivity index (χ2n) is 10.5. The van der Waals surface area contributed by atoms with E-state index in [1.54, 1.807) is 0 Å². The van der Waals surface area contributed by atoms with Crippen LogP contribution in [0, 0.1) is 18.3 Å². The minimum absolute atomic E-state index is 0.721. The number of rotatable bonds is 0. The summed E-state index contributed by atoms with van der Waals surface area (Å²) in [5, 5.41) is 30.2. The smallest absolute Gasteiger partial charge is 0.0992 e. The predicted octanol–water partition coefficient (Wildman–Crippen LogP) is 9.97. The van der Waals surface area contributed by atoms with Gasteiger partial charge in [-0.3, -0.25) is 0 Å². The number of aryl methyl sites for hydroxylation is 1. The van der Waals surface area contributed by atoms with Gasteiger partial charge in [-0.15, -0.1) is 0 Å². The summed E-state index contributed by atoms with van der Waals surface area (Å²) in [7, 11) is 0. The van der Waals surface area contributed by atoms with Gasteiger partial charge >= 0.3 is 0 Å². The maximum Gasteiger partial charge on any atom is 0.0992 e. The zero-order valence-corrected chi connectivity index (χ0v) is 20.2. The van der Waals surface area contributed by atoms with E-state index in [1.165, 1.54) is 91.7 Å². The third kappa shape index (κ3) is 2.29. The number of nitrogens with zero attached hydrogens (tertiary/aromatic N) is 1. The summed E-state index contributed by atoms with van der Waals surface area (Å²) in [4.78, 5) is 0. The lowest BCUT2D eigenvalue weighted by Crippen LogP contribution is -1.81. The molecule has 9 rings (SSSR count). The van der Waals surface area contributed by atoms with E-state index in [0.717, 1.165) is 5.56 Å². The van der Waals surface area contributed by atoms with Crippen LogP contribution in [0.2, 0.25) is 0 Å². The molecule has 0 aliphatic carbocycles. The third-order valence-electron chi connectivity index (χ3n) is 8.62. The van der Waals surface area contributed by atoms with Gasteiger partial charge < -0.3 is 0 Å². The van der Waals surface area contributed by atoms with Crippen LogP contribution in [-0.4, -0.2) is 0 Å². The van der Waals surface area contributed by atoms with Gasteiger partial charge in [-0.25, -0.2) is 0 Å². The van der Waals surface area contributed by atoms with E-state index in [1.807, 2.05) is 6.07 Å². The molecular formula is C36H19N. The van der Waals surface area contributed by atoms with E-state index in [0.29, 0.717) is 0 Å². The largest absolute Gasteiger partial charge is 0.192 e. The molecule has 0 heterocycles. The molecule has 0 saturated heterocycles. The standard InChI is InChI=1S/C36H19N/c1-19-9-10-27-30-15-22-14-29-26-8-4-7-25-24-6-3-2-5-21(24)13-34(35(25)26)32(29)17-23(22)16-31(30)33-12-20(18-37)11-28(19)36(27)33/h2-17H,1H3. The van der Waals surface area contributed by atoms with Crippen molar-refractivity contribution in [1.29, 1.82) is 5.26 Å². The van der Waals surface area contributed by atoms with Gasteiger partial charge in [0, 0.05) is 0 Å². The van der Waals surface area contributed by atoms with Crippen LogP contribution < -0.4 is 0 Å².